The van der Waals surface area contributed by atoms with Gasteiger partial charge in [0, 0.05) is 25.2 Å². The number of carbonyl (C=O) groups is 1. The Bertz CT molecular complexity index is 1080. The zero-order valence-electron chi connectivity index (χ0n) is 16.6. The van der Waals surface area contributed by atoms with Crippen LogP contribution in [0.25, 0.3) is 10.9 Å². The van der Waals surface area contributed by atoms with Crippen molar-refractivity contribution >= 4 is 38.6 Å². The normalized spacial score (nSPS) is 12.0. The Morgan fingerprint density at radius 3 is 2.66 bits per heavy atom. The molecule has 1 N–H and O–H groups in total. The predicted octanol–water partition coefficient (Wildman–Crippen LogP) is 3.94. The molecule has 0 aliphatic rings. The van der Waals surface area contributed by atoms with Gasteiger partial charge in [0.05, 0.1) is 29.2 Å². The molecular weight excluding hydrogens is 436 g/mol. The van der Waals surface area contributed by atoms with Crippen LogP contribution >= 0.6 is 15.9 Å². The molecule has 2 amide bonds. The molecule has 0 spiro atoms. The minimum absolute atomic E-state index is 0.143. The van der Waals surface area contributed by atoms with Gasteiger partial charge in [-0.1, -0.05) is 24.3 Å². The summed E-state index contributed by atoms with van der Waals surface area (Å²) in [6, 6.07) is 13.8. The van der Waals surface area contributed by atoms with Crippen LogP contribution in [0.1, 0.15) is 18.8 Å². The van der Waals surface area contributed by atoms with E-state index in [1.54, 1.807) is 31.2 Å². The summed E-state index contributed by atoms with van der Waals surface area (Å²) in [5, 5.41) is 3.46. The number of fused-ring (bicyclic) bond motifs is 1. The molecule has 0 bridgehead atoms. The maximum Gasteiger partial charge on any atom is 0.322 e. The van der Waals surface area contributed by atoms with Crippen molar-refractivity contribution in [3.8, 4) is 0 Å². The second-order valence-electron chi connectivity index (χ2n) is 6.62. The number of para-hydroxylation sites is 2. The number of rotatable bonds is 6. The highest BCUT2D eigenvalue weighted by Gasteiger charge is 2.25. The predicted molar refractivity (Wildman–Crippen MR) is 117 cm³/mol. The Hall–Kier alpha value is -2.71. The molecule has 2 aromatic carbocycles. The number of halogens is 1. The van der Waals surface area contributed by atoms with Crippen molar-refractivity contribution in [2.45, 2.75) is 13.0 Å². The van der Waals surface area contributed by atoms with Crippen LogP contribution in [-0.2, 0) is 11.8 Å². The number of aromatic nitrogens is 2. The number of methoxy groups -OCH3 is 1. The smallest absolute Gasteiger partial charge is 0.322 e. The maximum absolute atomic E-state index is 13.1. The van der Waals surface area contributed by atoms with Gasteiger partial charge >= 0.3 is 6.03 Å². The van der Waals surface area contributed by atoms with E-state index in [9.17, 15) is 9.59 Å². The van der Waals surface area contributed by atoms with Crippen LogP contribution in [0.2, 0.25) is 0 Å². The SMILES string of the molecule is COCCN(C(=O)Nc1ccccc1Br)C(C)c1nc2ccccc2c(=O)n1C. The van der Waals surface area contributed by atoms with E-state index in [-0.39, 0.29) is 11.6 Å². The van der Waals surface area contributed by atoms with E-state index in [1.165, 1.54) is 4.57 Å². The fourth-order valence-corrected chi connectivity index (χ4v) is 3.54. The molecule has 1 aromatic heterocycles. The average molecular weight is 459 g/mol. The van der Waals surface area contributed by atoms with Crippen molar-refractivity contribution < 1.29 is 9.53 Å². The lowest BCUT2D eigenvalue weighted by Gasteiger charge is -2.30. The molecular formula is C21H23BrN4O3. The lowest BCUT2D eigenvalue weighted by atomic mass is 10.2. The van der Waals surface area contributed by atoms with E-state index in [0.29, 0.717) is 35.6 Å². The molecule has 29 heavy (non-hydrogen) atoms. The van der Waals surface area contributed by atoms with Crippen molar-refractivity contribution in [1.29, 1.82) is 0 Å². The zero-order valence-corrected chi connectivity index (χ0v) is 18.1. The Morgan fingerprint density at radius 1 is 1.24 bits per heavy atom. The first-order chi connectivity index (χ1) is 13.9. The standard InChI is InChI=1S/C21H23BrN4O3/c1-14(19-23-17-10-6-4-8-15(17)20(27)25(19)2)26(12-13-29-3)21(28)24-18-11-7-5-9-16(18)22/h4-11,14H,12-13H2,1-3H3,(H,24,28). The van der Waals surface area contributed by atoms with Gasteiger partial charge in [-0.25, -0.2) is 9.78 Å². The second-order valence-corrected chi connectivity index (χ2v) is 7.48. The lowest BCUT2D eigenvalue weighted by molar-refractivity contribution is 0.136. The average Bonchev–Trinajstić information content (AvgIpc) is 2.72. The van der Waals surface area contributed by atoms with Crippen molar-refractivity contribution in [2.24, 2.45) is 7.05 Å². The van der Waals surface area contributed by atoms with E-state index in [1.807, 2.05) is 43.3 Å². The number of amides is 2. The number of nitrogens with one attached hydrogen (secondary N) is 1. The summed E-state index contributed by atoms with van der Waals surface area (Å²) < 4.78 is 7.47. The Labute approximate surface area is 177 Å². The van der Waals surface area contributed by atoms with Gasteiger partial charge in [0.25, 0.3) is 5.56 Å². The largest absolute Gasteiger partial charge is 0.383 e. The number of hydrogen-bond donors (Lipinski definition) is 1. The molecule has 152 valence electrons. The topological polar surface area (TPSA) is 76.5 Å². The van der Waals surface area contributed by atoms with Gasteiger partial charge in [0.2, 0.25) is 0 Å². The van der Waals surface area contributed by atoms with Gasteiger partial charge in [0.15, 0.2) is 0 Å². The molecule has 1 atom stereocenters. The highest BCUT2D eigenvalue weighted by molar-refractivity contribution is 9.10. The molecule has 1 unspecified atom stereocenters. The third-order valence-electron chi connectivity index (χ3n) is 4.77. The molecule has 0 radical (unpaired) electrons. The number of urea groups is 1. The first kappa shape index (κ1) is 21.0. The minimum Gasteiger partial charge on any atom is -0.383 e. The van der Waals surface area contributed by atoms with E-state index < -0.39 is 6.04 Å². The summed E-state index contributed by atoms with van der Waals surface area (Å²) in [7, 11) is 3.26. The first-order valence-electron chi connectivity index (χ1n) is 9.20. The van der Waals surface area contributed by atoms with Crippen molar-refractivity contribution in [3.05, 3.63) is 69.2 Å². The fraction of sp³-hybridized carbons (Fsp3) is 0.286. The van der Waals surface area contributed by atoms with E-state index in [4.69, 9.17) is 4.74 Å². The molecule has 3 aromatic rings. The van der Waals surface area contributed by atoms with Crippen LogP contribution < -0.4 is 10.9 Å². The quantitative estimate of drug-likeness (QED) is 0.606. The van der Waals surface area contributed by atoms with Crippen LogP contribution in [0.5, 0.6) is 0 Å². The Morgan fingerprint density at radius 2 is 1.93 bits per heavy atom. The number of hydrogen-bond acceptors (Lipinski definition) is 4. The van der Waals surface area contributed by atoms with Gasteiger partial charge < -0.3 is 15.0 Å². The number of anilines is 1. The molecule has 0 aliphatic carbocycles. The number of carbonyl (C=O) groups excluding carboxylic acids is 1. The molecule has 0 saturated heterocycles. The number of ether oxygens (including phenoxy) is 1. The molecule has 3 rings (SSSR count). The Balaban J connectivity index is 1.97. The van der Waals surface area contributed by atoms with E-state index >= 15 is 0 Å². The Kier molecular flexibility index (Phi) is 6.66. The monoisotopic (exact) mass is 458 g/mol. The van der Waals surface area contributed by atoms with Crippen LogP contribution in [0.15, 0.2) is 57.8 Å². The fourth-order valence-electron chi connectivity index (χ4n) is 3.16. The summed E-state index contributed by atoms with van der Waals surface area (Å²) in [4.78, 5) is 32.1. The third kappa shape index (κ3) is 4.49. The van der Waals surface area contributed by atoms with Gasteiger partial charge in [-0.05, 0) is 47.1 Å². The first-order valence-corrected chi connectivity index (χ1v) is 10.00. The van der Waals surface area contributed by atoms with Crippen molar-refractivity contribution in [2.75, 3.05) is 25.6 Å². The third-order valence-corrected chi connectivity index (χ3v) is 5.46. The summed E-state index contributed by atoms with van der Waals surface area (Å²) in [6.45, 7) is 2.55. The number of nitrogens with zero attached hydrogens (tertiary/aromatic N) is 3. The zero-order chi connectivity index (χ0) is 21.0. The molecule has 0 fully saturated rings. The highest BCUT2D eigenvalue weighted by atomic mass is 79.9. The minimum atomic E-state index is -0.449. The van der Waals surface area contributed by atoms with Crippen LogP contribution in [0, 0.1) is 0 Å². The molecule has 8 heteroatoms. The summed E-state index contributed by atoms with van der Waals surface area (Å²) in [6.07, 6.45) is 0. The molecule has 1 heterocycles. The summed E-state index contributed by atoms with van der Waals surface area (Å²) in [5.74, 6) is 0.507. The second kappa shape index (κ2) is 9.19. The summed E-state index contributed by atoms with van der Waals surface area (Å²) in [5.41, 5.74) is 1.12. The van der Waals surface area contributed by atoms with Gasteiger partial charge in [-0.3, -0.25) is 9.36 Å². The van der Waals surface area contributed by atoms with Crippen LogP contribution in [0.3, 0.4) is 0 Å². The van der Waals surface area contributed by atoms with E-state index in [0.717, 1.165) is 4.47 Å². The van der Waals surface area contributed by atoms with Crippen LogP contribution in [-0.4, -0.2) is 40.7 Å². The van der Waals surface area contributed by atoms with Gasteiger partial charge in [-0.15, -0.1) is 0 Å². The molecule has 7 nitrogen and oxygen atoms in total. The molecule has 0 saturated carbocycles. The highest BCUT2D eigenvalue weighted by Crippen LogP contribution is 2.24. The van der Waals surface area contributed by atoms with E-state index in [2.05, 4.69) is 26.2 Å². The molecule has 0 aliphatic heterocycles. The maximum atomic E-state index is 13.1. The van der Waals surface area contributed by atoms with Crippen LogP contribution in [0.4, 0.5) is 10.5 Å². The lowest BCUT2D eigenvalue weighted by Crippen LogP contribution is -2.41. The van der Waals surface area contributed by atoms with Gasteiger partial charge in [-0.2, -0.15) is 0 Å². The van der Waals surface area contributed by atoms with Crippen molar-refractivity contribution in [1.82, 2.24) is 14.5 Å². The number of benzene rings is 2. The van der Waals surface area contributed by atoms with Gasteiger partial charge in [0.1, 0.15) is 5.82 Å². The van der Waals surface area contributed by atoms with Crippen molar-refractivity contribution in [3.63, 3.8) is 0 Å². The summed E-state index contributed by atoms with van der Waals surface area (Å²) >= 11 is 3.44.